The summed E-state index contributed by atoms with van der Waals surface area (Å²) < 4.78 is 36.1. The van der Waals surface area contributed by atoms with Gasteiger partial charge in [-0.1, -0.05) is 0 Å². The molecular formula is C22H24N2O7S. The molecule has 2 unspecified atom stereocenters. The van der Waals surface area contributed by atoms with Crippen LogP contribution in [-0.2, 0) is 19.4 Å². The Kier molecular flexibility index (Phi) is 6.83. The third-order valence-electron chi connectivity index (χ3n) is 4.88. The first kappa shape index (κ1) is 23.3. The molecule has 9 nitrogen and oxygen atoms in total. The molecule has 0 aromatic heterocycles. The lowest BCUT2D eigenvalue weighted by Gasteiger charge is -2.23. The summed E-state index contributed by atoms with van der Waals surface area (Å²) in [6.07, 6.45) is -0.669. The van der Waals surface area contributed by atoms with Gasteiger partial charge in [0.1, 0.15) is 22.5 Å². The standard InChI is InChI=1S/C22H24N2O7S/c1-4-30-17-8-6-16(7-9-17)23-20(25)12-32(28,29)14(3)21(26)15-5-10-19-18(11-15)24-22(27)13(2)31-19/h5-11,13-14H,4,12H2,1-3H3,(H,23,25)(H,24,27). The largest absolute Gasteiger partial charge is 0.494 e. The average molecular weight is 461 g/mol. The second-order valence-electron chi connectivity index (χ2n) is 7.28. The van der Waals surface area contributed by atoms with E-state index in [4.69, 9.17) is 9.47 Å². The van der Waals surface area contributed by atoms with Gasteiger partial charge in [-0.2, -0.15) is 0 Å². The van der Waals surface area contributed by atoms with E-state index in [9.17, 15) is 22.8 Å². The van der Waals surface area contributed by atoms with E-state index in [2.05, 4.69) is 10.6 Å². The molecule has 0 fully saturated rings. The van der Waals surface area contributed by atoms with Gasteiger partial charge >= 0.3 is 0 Å². The summed E-state index contributed by atoms with van der Waals surface area (Å²) >= 11 is 0. The molecule has 1 aliphatic heterocycles. The Bertz CT molecular complexity index is 1140. The van der Waals surface area contributed by atoms with Crippen molar-refractivity contribution in [3.8, 4) is 11.5 Å². The molecule has 0 saturated carbocycles. The number of ketones is 1. The van der Waals surface area contributed by atoms with E-state index < -0.39 is 38.6 Å². The van der Waals surface area contributed by atoms with Crippen molar-refractivity contribution in [2.24, 2.45) is 0 Å². The van der Waals surface area contributed by atoms with Crippen LogP contribution in [0.5, 0.6) is 11.5 Å². The number of nitrogens with one attached hydrogen (secondary N) is 2. The van der Waals surface area contributed by atoms with Gasteiger partial charge in [0, 0.05) is 11.3 Å². The molecule has 0 spiro atoms. The third-order valence-corrected chi connectivity index (χ3v) is 6.84. The Labute approximate surface area is 186 Å². The predicted molar refractivity (Wildman–Crippen MR) is 119 cm³/mol. The maximum absolute atomic E-state index is 12.8. The summed E-state index contributed by atoms with van der Waals surface area (Å²) in [6.45, 7) is 5.17. The van der Waals surface area contributed by atoms with Crippen molar-refractivity contribution in [1.82, 2.24) is 0 Å². The molecule has 3 rings (SSSR count). The molecule has 32 heavy (non-hydrogen) atoms. The second-order valence-corrected chi connectivity index (χ2v) is 9.60. The molecule has 0 radical (unpaired) electrons. The number of benzene rings is 2. The zero-order valence-electron chi connectivity index (χ0n) is 17.9. The zero-order valence-corrected chi connectivity index (χ0v) is 18.7. The molecule has 2 aromatic rings. The molecule has 1 heterocycles. The van der Waals surface area contributed by atoms with Crippen LogP contribution in [0.3, 0.4) is 0 Å². The van der Waals surface area contributed by atoms with E-state index >= 15 is 0 Å². The Hall–Kier alpha value is -3.40. The van der Waals surface area contributed by atoms with Crippen LogP contribution in [0.25, 0.3) is 0 Å². The van der Waals surface area contributed by atoms with Gasteiger partial charge in [0.15, 0.2) is 21.7 Å². The van der Waals surface area contributed by atoms with Crippen molar-refractivity contribution in [2.45, 2.75) is 32.1 Å². The van der Waals surface area contributed by atoms with Gasteiger partial charge in [0.25, 0.3) is 5.91 Å². The quantitative estimate of drug-likeness (QED) is 0.579. The Morgan fingerprint density at radius 2 is 1.88 bits per heavy atom. The number of hydrogen-bond acceptors (Lipinski definition) is 7. The Morgan fingerprint density at radius 1 is 1.19 bits per heavy atom. The first-order chi connectivity index (χ1) is 15.1. The van der Waals surface area contributed by atoms with Gasteiger partial charge in [-0.25, -0.2) is 8.42 Å². The number of Topliss-reactive ketones (excluding diaryl/α,β-unsaturated/α-hetero) is 1. The van der Waals surface area contributed by atoms with Crippen LogP contribution in [0.15, 0.2) is 42.5 Å². The van der Waals surface area contributed by atoms with E-state index in [1.165, 1.54) is 25.1 Å². The highest BCUT2D eigenvalue weighted by Crippen LogP contribution is 2.31. The fourth-order valence-corrected chi connectivity index (χ4v) is 4.22. The zero-order chi connectivity index (χ0) is 23.5. The van der Waals surface area contributed by atoms with Crippen molar-refractivity contribution in [3.05, 3.63) is 48.0 Å². The highest BCUT2D eigenvalue weighted by molar-refractivity contribution is 7.93. The fourth-order valence-electron chi connectivity index (χ4n) is 3.07. The summed E-state index contributed by atoms with van der Waals surface area (Å²) in [5, 5.41) is 3.66. The number of carbonyl (C=O) groups is 3. The monoisotopic (exact) mass is 460 g/mol. The van der Waals surface area contributed by atoms with Crippen molar-refractivity contribution in [2.75, 3.05) is 23.0 Å². The fraction of sp³-hybridized carbons (Fsp3) is 0.318. The van der Waals surface area contributed by atoms with Gasteiger partial charge < -0.3 is 20.1 Å². The number of amides is 2. The van der Waals surface area contributed by atoms with Gasteiger partial charge in [-0.3, -0.25) is 14.4 Å². The Balaban J connectivity index is 1.67. The second kappa shape index (κ2) is 9.39. The number of sulfone groups is 1. The van der Waals surface area contributed by atoms with E-state index in [1.54, 1.807) is 31.2 Å². The number of fused-ring (bicyclic) bond motifs is 1. The number of hydrogen-bond donors (Lipinski definition) is 2. The SMILES string of the molecule is CCOc1ccc(NC(=O)CS(=O)(=O)C(C)C(=O)c2ccc3c(c2)NC(=O)C(C)O3)cc1. The van der Waals surface area contributed by atoms with Crippen LogP contribution in [0.4, 0.5) is 11.4 Å². The molecule has 170 valence electrons. The van der Waals surface area contributed by atoms with E-state index in [1.807, 2.05) is 6.92 Å². The van der Waals surface area contributed by atoms with Crippen LogP contribution >= 0.6 is 0 Å². The first-order valence-electron chi connectivity index (χ1n) is 10.0. The number of anilines is 2. The minimum absolute atomic E-state index is 0.0881. The highest BCUT2D eigenvalue weighted by atomic mass is 32.2. The molecule has 0 bridgehead atoms. The number of ether oxygens (including phenoxy) is 2. The molecule has 2 atom stereocenters. The molecule has 2 aromatic carbocycles. The molecule has 2 N–H and O–H groups in total. The third kappa shape index (κ3) is 5.25. The van der Waals surface area contributed by atoms with Crippen LogP contribution in [0.1, 0.15) is 31.1 Å². The van der Waals surface area contributed by atoms with E-state index in [-0.39, 0.29) is 17.2 Å². The summed E-state index contributed by atoms with van der Waals surface area (Å²) in [7, 11) is -4.09. The molecule has 0 aliphatic carbocycles. The topological polar surface area (TPSA) is 128 Å². The predicted octanol–water partition coefficient (Wildman–Crippen LogP) is 2.43. The van der Waals surface area contributed by atoms with E-state index in [0.29, 0.717) is 23.8 Å². The van der Waals surface area contributed by atoms with Crippen LogP contribution in [0, 0.1) is 0 Å². The lowest BCUT2D eigenvalue weighted by molar-refractivity contribution is -0.122. The minimum Gasteiger partial charge on any atom is -0.494 e. The summed E-state index contributed by atoms with van der Waals surface area (Å²) in [5.41, 5.74) is 0.786. The maximum atomic E-state index is 12.8. The lowest BCUT2D eigenvalue weighted by Crippen LogP contribution is -2.35. The first-order valence-corrected chi connectivity index (χ1v) is 11.7. The van der Waals surface area contributed by atoms with Crippen molar-refractivity contribution in [1.29, 1.82) is 0 Å². The highest BCUT2D eigenvalue weighted by Gasteiger charge is 2.32. The smallest absolute Gasteiger partial charge is 0.265 e. The van der Waals surface area contributed by atoms with Crippen molar-refractivity contribution in [3.63, 3.8) is 0 Å². The molecular weight excluding hydrogens is 436 g/mol. The molecule has 10 heteroatoms. The Morgan fingerprint density at radius 3 is 2.53 bits per heavy atom. The van der Waals surface area contributed by atoms with Crippen LogP contribution < -0.4 is 20.1 Å². The lowest BCUT2D eigenvalue weighted by atomic mass is 10.1. The normalized spacial score (nSPS) is 16.2. The van der Waals surface area contributed by atoms with Gasteiger partial charge in [0.05, 0.1) is 12.3 Å². The van der Waals surface area contributed by atoms with Crippen molar-refractivity contribution >= 4 is 38.8 Å². The summed E-state index contributed by atoms with van der Waals surface area (Å²) in [4.78, 5) is 36.8. The van der Waals surface area contributed by atoms with Gasteiger partial charge in [-0.05, 0) is 63.2 Å². The van der Waals surface area contributed by atoms with Gasteiger partial charge in [0.2, 0.25) is 5.91 Å². The number of carbonyl (C=O) groups excluding carboxylic acids is 3. The van der Waals surface area contributed by atoms with Crippen LogP contribution in [-0.4, -0.2) is 49.7 Å². The minimum atomic E-state index is -4.09. The number of rotatable bonds is 8. The summed E-state index contributed by atoms with van der Waals surface area (Å²) in [5.74, 6) is -1.65. The summed E-state index contributed by atoms with van der Waals surface area (Å²) in [6, 6.07) is 10.8. The van der Waals surface area contributed by atoms with Gasteiger partial charge in [-0.15, -0.1) is 0 Å². The van der Waals surface area contributed by atoms with Crippen molar-refractivity contribution < 1.29 is 32.3 Å². The molecule has 2 amide bonds. The molecule has 0 saturated heterocycles. The maximum Gasteiger partial charge on any atom is 0.265 e. The van der Waals surface area contributed by atoms with Crippen LogP contribution in [0.2, 0.25) is 0 Å². The molecule has 1 aliphatic rings. The van der Waals surface area contributed by atoms with E-state index in [0.717, 1.165) is 0 Å². The average Bonchev–Trinajstić information content (AvgIpc) is 2.74.